The second-order valence-corrected chi connectivity index (χ2v) is 9.70. The van der Waals surface area contributed by atoms with E-state index in [0.717, 1.165) is 28.6 Å². The summed E-state index contributed by atoms with van der Waals surface area (Å²) in [6.45, 7) is 3.07. The first-order chi connectivity index (χ1) is 14.3. The van der Waals surface area contributed by atoms with Gasteiger partial charge in [-0.25, -0.2) is 4.79 Å². The normalized spacial score (nSPS) is 28.1. The maximum absolute atomic E-state index is 13.1. The minimum Gasteiger partial charge on any atom is -0.454 e. The number of amides is 3. The van der Waals surface area contributed by atoms with Crippen LogP contribution in [0, 0.1) is 29.6 Å². The van der Waals surface area contributed by atoms with Crippen molar-refractivity contribution in [2.45, 2.75) is 39.2 Å². The standard InChI is InChI=1S/C22H25BrN2O5/c1-11(2)19(22(29)30-10-16(26)24-15-7-5-14(23)6-8-15)25-20(27)17-12-3-4-13(9-12)18(17)21(25)28/h5-8,11-13,17-19H,3-4,9-10H2,1-2H3,(H,24,26)/t12-,13-,17-,18+,19+/m0/s1. The third-order valence-corrected chi connectivity index (χ3v) is 7.11. The number of anilines is 1. The SMILES string of the molecule is CC(C)[C@H](C(=O)OCC(=O)Nc1ccc(Br)cc1)N1C(=O)[C@@H]2[C@H]3CC[C@@H](C3)[C@@H]2C1=O. The molecule has 2 aliphatic carbocycles. The van der Waals surface area contributed by atoms with Gasteiger partial charge in [0.1, 0.15) is 6.04 Å². The van der Waals surface area contributed by atoms with Crippen LogP contribution in [0.15, 0.2) is 28.7 Å². The maximum atomic E-state index is 13.1. The zero-order chi connectivity index (χ0) is 21.6. The predicted octanol–water partition coefficient (Wildman–Crippen LogP) is 2.99. The number of carbonyl (C=O) groups is 4. The lowest BCUT2D eigenvalue weighted by molar-refractivity contribution is -0.162. The van der Waals surface area contributed by atoms with Gasteiger partial charge in [-0.1, -0.05) is 29.8 Å². The Morgan fingerprint density at radius 1 is 1.10 bits per heavy atom. The molecule has 2 saturated carbocycles. The zero-order valence-electron chi connectivity index (χ0n) is 17.0. The first kappa shape index (κ1) is 21.0. The Hall–Kier alpha value is -2.22. The van der Waals surface area contributed by atoms with Crippen LogP contribution in [0.3, 0.4) is 0 Å². The van der Waals surface area contributed by atoms with Crippen molar-refractivity contribution in [1.82, 2.24) is 4.90 Å². The van der Waals surface area contributed by atoms with E-state index in [9.17, 15) is 19.2 Å². The number of hydrogen-bond acceptors (Lipinski definition) is 5. The van der Waals surface area contributed by atoms with E-state index >= 15 is 0 Å². The lowest BCUT2D eigenvalue weighted by Gasteiger charge is -2.28. The molecule has 0 aromatic heterocycles. The molecule has 0 radical (unpaired) electrons. The van der Waals surface area contributed by atoms with E-state index in [0.29, 0.717) is 5.69 Å². The highest BCUT2D eigenvalue weighted by Crippen LogP contribution is 2.56. The van der Waals surface area contributed by atoms with Gasteiger partial charge >= 0.3 is 5.97 Å². The van der Waals surface area contributed by atoms with Gasteiger partial charge in [-0.05, 0) is 61.3 Å². The van der Waals surface area contributed by atoms with Crippen LogP contribution in [0.2, 0.25) is 0 Å². The van der Waals surface area contributed by atoms with Gasteiger partial charge in [0.2, 0.25) is 11.8 Å². The van der Waals surface area contributed by atoms with Crippen LogP contribution in [0.1, 0.15) is 33.1 Å². The van der Waals surface area contributed by atoms with Crippen LogP contribution in [-0.2, 0) is 23.9 Å². The van der Waals surface area contributed by atoms with Crippen LogP contribution >= 0.6 is 15.9 Å². The number of hydrogen-bond donors (Lipinski definition) is 1. The molecule has 1 saturated heterocycles. The average molecular weight is 477 g/mol. The Labute approximate surface area is 183 Å². The molecule has 4 rings (SSSR count). The number of nitrogens with zero attached hydrogens (tertiary/aromatic N) is 1. The number of rotatable bonds is 6. The summed E-state index contributed by atoms with van der Waals surface area (Å²) in [7, 11) is 0. The first-order valence-corrected chi connectivity index (χ1v) is 11.2. The van der Waals surface area contributed by atoms with Crippen molar-refractivity contribution in [2.75, 3.05) is 11.9 Å². The van der Waals surface area contributed by atoms with E-state index in [-0.39, 0.29) is 41.4 Å². The molecule has 3 fully saturated rings. The van der Waals surface area contributed by atoms with E-state index in [2.05, 4.69) is 21.2 Å². The number of carbonyl (C=O) groups excluding carboxylic acids is 4. The molecule has 2 bridgehead atoms. The molecule has 1 aromatic rings. The number of fused-ring (bicyclic) bond motifs is 5. The molecule has 1 heterocycles. The number of ether oxygens (including phenoxy) is 1. The summed E-state index contributed by atoms with van der Waals surface area (Å²) in [5.74, 6) is -2.07. The van der Waals surface area contributed by atoms with Gasteiger partial charge in [-0.2, -0.15) is 0 Å². The molecule has 8 heteroatoms. The van der Waals surface area contributed by atoms with Gasteiger partial charge < -0.3 is 10.1 Å². The minimum atomic E-state index is -1.00. The molecule has 5 atom stereocenters. The number of halogens is 1. The summed E-state index contributed by atoms with van der Waals surface area (Å²) < 4.78 is 6.10. The van der Waals surface area contributed by atoms with Gasteiger partial charge in [-0.3, -0.25) is 19.3 Å². The van der Waals surface area contributed by atoms with Gasteiger partial charge in [-0.15, -0.1) is 0 Å². The number of esters is 1. The van der Waals surface area contributed by atoms with Crippen LogP contribution in [0.25, 0.3) is 0 Å². The van der Waals surface area contributed by atoms with Crippen molar-refractivity contribution in [3.63, 3.8) is 0 Å². The summed E-state index contributed by atoms with van der Waals surface area (Å²) in [5, 5.41) is 2.65. The van der Waals surface area contributed by atoms with Crippen molar-refractivity contribution in [3.05, 3.63) is 28.7 Å². The van der Waals surface area contributed by atoms with Crippen molar-refractivity contribution in [1.29, 1.82) is 0 Å². The quantitative estimate of drug-likeness (QED) is 0.503. The van der Waals surface area contributed by atoms with Crippen molar-refractivity contribution in [3.8, 4) is 0 Å². The van der Waals surface area contributed by atoms with E-state index in [1.807, 2.05) is 0 Å². The lowest BCUT2D eigenvalue weighted by Crippen LogP contribution is -2.50. The third kappa shape index (κ3) is 3.66. The van der Waals surface area contributed by atoms with Gasteiger partial charge in [0.15, 0.2) is 6.61 Å². The van der Waals surface area contributed by atoms with Crippen molar-refractivity contribution < 1.29 is 23.9 Å². The van der Waals surface area contributed by atoms with Gasteiger partial charge in [0.05, 0.1) is 11.8 Å². The zero-order valence-corrected chi connectivity index (χ0v) is 18.6. The number of imide groups is 1. The predicted molar refractivity (Wildman–Crippen MR) is 112 cm³/mol. The molecular formula is C22H25BrN2O5. The second-order valence-electron chi connectivity index (χ2n) is 8.78. The summed E-state index contributed by atoms with van der Waals surface area (Å²) in [5.41, 5.74) is 0.577. The average Bonchev–Trinajstić information content (AvgIpc) is 3.38. The van der Waals surface area contributed by atoms with E-state index in [1.54, 1.807) is 38.1 Å². The minimum absolute atomic E-state index is 0.243. The van der Waals surface area contributed by atoms with Crippen molar-refractivity contribution in [2.24, 2.45) is 29.6 Å². The fourth-order valence-electron chi connectivity index (χ4n) is 5.33. The second kappa shape index (κ2) is 8.13. The smallest absolute Gasteiger partial charge is 0.330 e. The summed E-state index contributed by atoms with van der Waals surface area (Å²) in [6.07, 6.45) is 2.89. The number of benzene rings is 1. The molecule has 0 spiro atoms. The Morgan fingerprint density at radius 2 is 1.67 bits per heavy atom. The Kier molecular flexibility index (Phi) is 5.70. The lowest BCUT2D eigenvalue weighted by atomic mass is 9.81. The summed E-state index contributed by atoms with van der Waals surface area (Å²) in [4.78, 5) is 52.2. The molecule has 1 N–H and O–H groups in total. The highest BCUT2D eigenvalue weighted by Gasteiger charge is 2.62. The Bertz CT molecular complexity index is 856. The van der Waals surface area contributed by atoms with E-state index in [1.165, 1.54) is 0 Å². The van der Waals surface area contributed by atoms with E-state index in [4.69, 9.17) is 4.74 Å². The Morgan fingerprint density at radius 3 is 2.20 bits per heavy atom. The largest absolute Gasteiger partial charge is 0.454 e. The molecule has 1 aromatic carbocycles. The first-order valence-electron chi connectivity index (χ1n) is 10.4. The highest BCUT2D eigenvalue weighted by molar-refractivity contribution is 9.10. The molecule has 3 amide bonds. The van der Waals surface area contributed by atoms with Crippen LogP contribution in [0.4, 0.5) is 5.69 Å². The monoisotopic (exact) mass is 476 g/mol. The number of likely N-dealkylation sites (tertiary alicyclic amines) is 1. The maximum Gasteiger partial charge on any atom is 0.330 e. The molecule has 3 aliphatic rings. The highest BCUT2D eigenvalue weighted by atomic mass is 79.9. The number of nitrogens with one attached hydrogen (secondary N) is 1. The summed E-state index contributed by atoms with van der Waals surface area (Å²) in [6, 6.07) is 6.00. The van der Waals surface area contributed by atoms with Crippen molar-refractivity contribution >= 4 is 45.3 Å². The Balaban J connectivity index is 1.41. The molecule has 1 aliphatic heterocycles. The molecule has 30 heavy (non-hydrogen) atoms. The topological polar surface area (TPSA) is 92.8 Å². The molecule has 7 nitrogen and oxygen atoms in total. The fraction of sp³-hybridized carbons (Fsp3) is 0.545. The van der Waals surface area contributed by atoms with Crippen LogP contribution < -0.4 is 5.32 Å². The van der Waals surface area contributed by atoms with Gasteiger partial charge in [0, 0.05) is 10.2 Å². The molecule has 160 valence electrons. The van der Waals surface area contributed by atoms with Gasteiger partial charge in [0.25, 0.3) is 5.91 Å². The molecular weight excluding hydrogens is 452 g/mol. The van der Waals surface area contributed by atoms with E-state index < -0.39 is 24.5 Å². The summed E-state index contributed by atoms with van der Waals surface area (Å²) >= 11 is 3.32. The third-order valence-electron chi connectivity index (χ3n) is 6.59. The van der Waals surface area contributed by atoms with Crippen LogP contribution in [-0.4, -0.2) is 41.2 Å². The molecule has 0 unspecified atom stereocenters. The van der Waals surface area contributed by atoms with Crippen LogP contribution in [0.5, 0.6) is 0 Å². The fourth-order valence-corrected chi connectivity index (χ4v) is 5.60.